The Labute approximate surface area is 170 Å². The first kappa shape index (κ1) is 20.2. The number of halogens is 1. The molecule has 0 radical (unpaired) electrons. The molecule has 1 saturated heterocycles. The van der Waals surface area contributed by atoms with Gasteiger partial charge in [0.05, 0.1) is 13.1 Å². The predicted molar refractivity (Wildman–Crippen MR) is 112 cm³/mol. The molecule has 1 amide bonds. The van der Waals surface area contributed by atoms with E-state index in [1.165, 1.54) is 0 Å². The zero-order chi connectivity index (χ0) is 17.5. The second kappa shape index (κ2) is 10.1. The Morgan fingerprint density at radius 1 is 1.27 bits per heavy atom. The molecule has 1 aliphatic rings. The van der Waals surface area contributed by atoms with Crippen LogP contribution < -0.4 is 15.5 Å². The van der Waals surface area contributed by atoms with Crippen LogP contribution in [-0.2, 0) is 17.9 Å². The van der Waals surface area contributed by atoms with Crippen molar-refractivity contribution in [1.29, 1.82) is 0 Å². The standard InChI is InChI=1S/C18H23N5O2.HI/c1-2-19-18(21-13-15-9-11-25-22-15)20-12-14-5-7-16(8-6-14)23-10-3-4-17(23)24;/h5-9,11H,2-4,10,12-13H2,1H3,(H2,19,20,21);1H. The number of benzene rings is 1. The molecule has 2 heterocycles. The van der Waals surface area contributed by atoms with Gasteiger partial charge in [0, 0.05) is 31.3 Å². The third-order valence-corrected chi connectivity index (χ3v) is 4.01. The first-order valence-electron chi connectivity index (χ1n) is 8.57. The second-order valence-corrected chi connectivity index (χ2v) is 5.85. The third kappa shape index (κ3) is 5.45. The largest absolute Gasteiger partial charge is 0.364 e. The number of nitrogens with zero attached hydrogens (tertiary/aromatic N) is 3. The van der Waals surface area contributed by atoms with E-state index in [-0.39, 0.29) is 29.9 Å². The Bertz CT molecular complexity index is 716. The summed E-state index contributed by atoms with van der Waals surface area (Å²) in [6.45, 7) is 4.73. The summed E-state index contributed by atoms with van der Waals surface area (Å²) in [7, 11) is 0. The number of hydrogen-bond acceptors (Lipinski definition) is 4. The summed E-state index contributed by atoms with van der Waals surface area (Å²) in [6.07, 6.45) is 3.14. The first-order chi connectivity index (χ1) is 12.3. The van der Waals surface area contributed by atoms with Crippen molar-refractivity contribution in [3.63, 3.8) is 0 Å². The number of anilines is 1. The number of rotatable bonds is 6. The molecule has 0 spiro atoms. The lowest BCUT2D eigenvalue weighted by atomic mass is 10.2. The molecule has 1 aromatic carbocycles. The van der Waals surface area contributed by atoms with Gasteiger partial charge in [0.1, 0.15) is 12.0 Å². The quantitative estimate of drug-likeness (QED) is 0.386. The summed E-state index contributed by atoms with van der Waals surface area (Å²) in [5.41, 5.74) is 2.88. The molecule has 1 aromatic heterocycles. The van der Waals surface area contributed by atoms with E-state index in [0.29, 0.717) is 19.5 Å². The Morgan fingerprint density at radius 2 is 2.08 bits per heavy atom. The molecule has 8 heteroatoms. The molecule has 0 atom stereocenters. The van der Waals surface area contributed by atoms with Crippen LogP contribution in [0.25, 0.3) is 0 Å². The van der Waals surface area contributed by atoms with E-state index in [4.69, 9.17) is 4.52 Å². The molecule has 26 heavy (non-hydrogen) atoms. The molecule has 140 valence electrons. The van der Waals surface area contributed by atoms with Crippen LogP contribution in [0.15, 0.2) is 46.1 Å². The molecule has 1 fully saturated rings. The summed E-state index contributed by atoms with van der Waals surface area (Å²) < 4.78 is 4.82. The van der Waals surface area contributed by atoms with Gasteiger partial charge >= 0.3 is 0 Å². The number of amides is 1. The molecule has 2 aromatic rings. The lowest BCUT2D eigenvalue weighted by molar-refractivity contribution is -0.117. The minimum absolute atomic E-state index is 0. The highest BCUT2D eigenvalue weighted by molar-refractivity contribution is 14.0. The molecule has 0 aliphatic carbocycles. The average molecular weight is 469 g/mol. The van der Waals surface area contributed by atoms with Crippen LogP contribution in [-0.4, -0.2) is 30.1 Å². The zero-order valence-corrected chi connectivity index (χ0v) is 17.1. The van der Waals surface area contributed by atoms with E-state index in [2.05, 4.69) is 20.8 Å². The van der Waals surface area contributed by atoms with Gasteiger partial charge in [-0.25, -0.2) is 4.99 Å². The molecule has 1 aliphatic heterocycles. The Hall–Kier alpha value is -2.10. The molecule has 7 nitrogen and oxygen atoms in total. The van der Waals surface area contributed by atoms with E-state index in [1.54, 1.807) is 6.26 Å². The van der Waals surface area contributed by atoms with E-state index in [9.17, 15) is 4.79 Å². The van der Waals surface area contributed by atoms with Crippen molar-refractivity contribution in [3.8, 4) is 0 Å². The van der Waals surface area contributed by atoms with Gasteiger partial charge in [-0.15, -0.1) is 24.0 Å². The number of carbonyl (C=O) groups is 1. The summed E-state index contributed by atoms with van der Waals surface area (Å²) in [5.74, 6) is 0.932. The summed E-state index contributed by atoms with van der Waals surface area (Å²) in [6, 6.07) is 9.83. The molecule has 0 bridgehead atoms. The number of hydrogen-bond donors (Lipinski definition) is 2. The van der Waals surface area contributed by atoms with Crippen molar-refractivity contribution < 1.29 is 9.32 Å². The maximum atomic E-state index is 11.8. The summed E-state index contributed by atoms with van der Waals surface area (Å²) >= 11 is 0. The van der Waals surface area contributed by atoms with Crippen molar-refractivity contribution in [1.82, 2.24) is 15.8 Å². The van der Waals surface area contributed by atoms with Gasteiger partial charge in [0.25, 0.3) is 0 Å². The predicted octanol–water partition coefficient (Wildman–Crippen LogP) is 2.67. The van der Waals surface area contributed by atoms with Gasteiger partial charge in [-0.1, -0.05) is 17.3 Å². The minimum Gasteiger partial charge on any atom is -0.364 e. The topological polar surface area (TPSA) is 82.8 Å². The van der Waals surface area contributed by atoms with Crippen molar-refractivity contribution in [2.45, 2.75) is 32.9 Å². The third-order valence-electron chi connectivity index (χ3n) is 4.01. The van der Waals surface area contributed by atoms with Gasteiger partial charge in [0.2, 0.25) is 5.91 Å². The molecule has 3 rings (SSSR count). The molecule has 2 N–H and O–H groups in total. The Kier molecular flexibility index (Phi) is 7.89. The monoisotopic (exact) mass is 469 g/mol. The SMILES string of the molecule is CCNC(=NCc1ccc(N2CCCC2=O)cc1)NCc1ccon1.I. The van der Waals surface area contributed by atoms with Crippen LogP contribution in [0.2, 0.25) is 0 Å². The van der Waals surface area contributed by atoms with Gasteiger partial charge in [-0.05, 0) is 31.0 Å². The van der Waals surface area contributed by atoms with Crippen LogP contribution in [0, 0.1) is 0 Å². The molecular formula is C18H24IN5O2. The van der Waals surface area contributed by atoms with E-state index >= 15 is 0 Å². The average Bonchev–Trinajstić information content (AvgIpc) is 3.29. The smallest absolute Gasteiger partial charge is 0.227 e. The fourth-order valence-electron chi connectivity index (χ4n) is 2.72. The minimum atomic E-state index is 0. The fourth-order valence-corrected chi connectivity index (χ4v) is 2.72. The van der Waals surface area contributed by atoms with E-state index < -0.39 is 0 Å². The van der Waals surface area contributed by atoms with Gasteiger partial charge in [0.15, 0.2) is 5.96 Å². The van der Waals surface area contributed by atoms with Gasteiger partial charge in [-0.3, -0.25) is 4.79 Å². The Morgan fingerprint density at radius 3 is 2.69 bits per heavy atom. The summed E-state index contributed by atoms with van der Waals surface area (Å²) in [4.78, 5) is 18.2. The molecule has 0 unspecified atom stereocenters. The highest BCUT2D eigenvalue weighted by atomic mass is 127. The van der Waals surface area contributed by atoms with Crippen LogP contribution >= 0.6 is 24.0 Å². The number of guanidine groups is 1. The lowest BCUT2D eigenvalue weighted by Gasteiger charge is -2.15. The number of aromatic nitrogens is 1. The Balaban J connectivity index is 0.00000243. The lowest BCUT2D eigenvalue weighted by Crippen LogP contribution is -2.36. The van der Waals surface area contributed by atoms with Crippen molar-refractivity contribution in [3.05, 3.63) is 47.9 Å². The van der Waals surface area contributed by atoms with Crippen LogP contribution in [0.5, 0.6) is 0 Å². The van der Waals surface area contributed by atoms with Crippen LogP contribution in [0.3, 0.4) is 0 Å². The maximum Gasteiger partial charge on any atom is 0.227 e. The highest BCUT2D eigenvalue weighted by Gasteiger charge is 2.21. The number of nitrogens with one attached hydrogen (secondary N) is 2. The van der Waals surface area contributed by atoms with Gasteiger partial charge in [-0.2, -0.15) is 0 Å². The van der Waals surface area contributed by atoms with E-state index in [0.717, 1.165) is 42.4 Å². The van der Waals surface area contributed by atoms with Gasteiger partial charge < -0.3 is 20.1 Å². The van der Waals surface area contributed by atoms with Crippen LogP contribution in [0.4, 0.5) is 5.69 Å². The highest BCUT2D eigenvalue weighted by Crippen LogP contribution is 2.21. The second-order valence-electron chi connectivity index (χ2n) is 5.85. The maximum absolute atomic E-state index is 11.8. The van der Waals surface area contributed by atoms with E-state index in [1.807, 2.05) is 42.2 Å². The van der Waals surface area contributed by atoms with Crippen LogP contribution in [0.1, 0.15) is 31.0 Å². The number of carbonyl (C=O) groups excluding carboxylic acids is 1. The summed E-state index contributed by atoms with van der Waals surface area (Å²) in [5, 5.41) is 10.3. The van der Waals surface area contributed by atoms with Crippen molar-refractivity contribution >= 4 is 41.5 Å². The number of aliphatic imine (C=N–C) groups is 1. The molecular weight excluding hydrogens is 445 g/mol. The molecule has 0 saturated carbocycles. The first-order valence-corrected chi connectivity index (χ1v) is 8.57. The van der Waals surface area contributed by atoms with Crippen molar-refractivity contribution in [2.24, 2.45) is 4.99 Å². The zero-order valence-electron chi connectivity index (χ0n) is 14.8. The normalized spacial score (nSPS) is 14.3. The van der Waals surface area contributed by atoms with Crippen molar-refractivity contribution in [2.75, 3.05) is 18.0 Å². The fraction of sp³-hybridized carbons (Fsp3) is 0.389.